The first-order valence-electron chi connectivity index (χ1n) is 7.42. The van der Waals surface area contributed by atoms with Crippen LogP contribution in [0.5, 0.6) is 0 Å². The minimum atomic E-state index is -0.541. The van der Waals surface area contributed by atoms with Gasteiger partial charge in [0.25, 0.3) is 0 Å². The lowest BCUT2D eigenvalue weighted by Gasteiger charge is -2.25. The van der Waals surface area contributed by atoms with Gasteiger partial charge >= 0.3 is 11.8 Å². The molecule has 2 aromatic rings. The van der Waals surface area contributed by atoms with Crippen LogP contribution in [-0.4, -0.2) is 29.8 Å². The molecule has 0 N–H and O–H groups in total. The van der Waals surface area contributed by atoms with E-state index >= 15 is 0 Å². The van der Waals surface area contributed by atoms with Gasteiger partial charge in [-0.2, -0.15) is 0 Å². The summed E-state index contributed by atoms with van der Waals surface area (Å²) in [4.78, 5) is 28.2. The Kier molecular flexibility index (Phi) is 5.31. The Balaban J connectivity index is 2.41. The molecule has 0 aliphatic rings. The number of carbonyl (C=O) groups is 2. The molecule has 0 saturated carbocycles. The molecule has 4 heteroatoms. The molecule has 0 aromatic heterocycles. The Hall–Kier alpha value is -2.62. The summed E-state index contributed by atoms with van der Waals surface area (Å²) in [6.07, 6.45) is 0. The first-order valence-corrected chi connectivity index (χ1v) is 7.42. The highest BCUT2D eigenvalue weighted by molar-refractivity contribution is 6.41. The maximum Gasteiger partial charge on any atom is 0.321 e. The van der Waals surface area contributed by atoms with E-state index in [0.29, 0.717) is 24.5 Å². The average molecular weight is 296 g/mol. The predicted octanol–water partition coefficient (Wildman–Crippen LogP) is 3.22. The number of likely N-dealkylation sites (N-methyl/N-ethyl adjacent to an activating group) is 1. The number of hydrogen-bond acceptors (Lipinski definition) is 2. The lowest BCUT2D eigenvalue weighted by molar-refractivity contribution is -0.143. The van der Waals surface area contributed by atoms with Gasteiger partial charge in [0, 0.05) is 24.5 Å². The summed E-state index contributed by atoms with van der Waals surface area (Å²) in [5.74, 6) is -1.03. The fraction of sp³-hybridized carbons (Fsp3) is 0.222. The molecule has 0 heterocycles. The number of anilines is 2. The zero-order valence-corrected chi connectivity index (χ0v) is 12.9. The number of carbonyl (C=O) groups excluding carboxylic acids is 2. The van der Waals surface area contributed by atoms with Gasteiger partial charge in [-0.05, 0) is 38.1 Å². The standard InChI is InChI=1S/C18H20N2O2/c1-3-19(4-2)17(21)18(22)20(15-11-7-5-8-12-15)16-13-9-6-10-14-16/h5-14H,3-4H2,1-2H3. The van der Waals surface area contributed by atoms with Crippen LogP contribution in [0.25, 0.3) is 0 Å². The molecule has 0 atom stereocenters. The van der Waals surface area contributed by atoms with Gasteiger partial charge in [0.1, 0.15) is 0 Å². The molecule has 22 heavy (non-hydrogen) atoms. The van der Waals surface area contributed by atoms with E-state index in [0.717, 1.165) is 0 Å². The fourth-order valence-corrected chi connectivity index (χ4v) is 2.28. The second-order valence-electron chi connectivity index (χ2n) is 4.79. The summed E-state index contributed by atoms with van der Waals surface area (Å²) in [6, 6.07) is 18.4. The highest BCUT2D eigenvalue weighted by Crippen LogP contribution is 2.25. The van der Waals surface area contributed by atoms with Gasteiger partial charge in [-0.15, -0.1) is 0 Å². The molecule has 2 aromatic carbocycles. The lowest BCUT2D eigenvalue weighted by Crippen LogP contribution is -2.43. The number of rotatable bonds is 4. The number of nitrogens with zero attached hydrogens (tertiary/aromatic N) is 2. The van der Waals surface area contributed by atoms with Gasteiger partial charge in [0.2, 0.25) is 0 Å². The fourth-order valence-electron chi connectivity index (χ4n) is 2.28. The summed E-state index contributed by atoms with van der Waals surface area (Å²) < 4.78 is 0. The van der Waals surface area contributed by atoms with Crippen LogP contribution in [0.1, 0.15) is 13.8 Å². The molecule has 0 fully saturated rings. The van der Waals surface area contributed by atoms with Crippen LogP contribution in [0.15, 0.2) is 60.7 Å². The van der Waals surface area contributed by atoms with E-state index in [1.807, 2.05) is 74.5 Å². The third-order valence-electron chi connectivity index (χ3n) is 3.47. The molecule has 0 spiro atoms. The van der Waals surface area contributed by atoms with Crippen molar-refractivity contribution < 1.29 is 9.59 Å². The first-order chi connectivity index (χ1) is 10.7. The van der Waals surface area contributed by atoms with Crippen LogP contribution < -0.4 is 4.90 Å². The van der Waals surface area contributed by atoms with E-state index < -0.39 is 11.8 Å². The van der Waals surface area contributed by atoms with Gasteiger partial charge in [0.05, 0.1) is 0 Å². The van der Waals surface area contributed by atoms with Crippen molar-refractivity contribution in [2.75, 3.05) is 18.0 Å². The summed E-state index contributed by atoms with van der Waals surface area (Å²) in [5, 5.41) is 0. The molecular weight excluding hydrogens is 276 g/mol. The summed E-state index contributed by atoms with van der Waals surface area (Å²) in [5.41, 5.74) is 1.36. The van der Waals surface area contributed by atoms with E-state index in [2.05, 4.69) is 0 Å². The molecule has 0 unspecified atom stereocenters. The summed E-state index contributed by atoms with van der Waals surface area (Å²) in [7, 11) is 0. The van der Waals surface area contributed by atoms with E-state index in [4.69, 9.17) is 0 Å². The Labute approximate surface area is 131 Å². The van der Waals surface area contributed by atoms with Crippen molar-refractivity contribution in [2.24, 2.45) is 0 Å². The SMILES string of the molecule is CCN(CC)C(=O)C(=O)N(c1ccccc1)c1ccccc1. The summed E-state index contributed by atoms with van der Waals surface area (Å²) in [6.45, 7) is 4.76. The Morgan fingerprint density at radius 1 is 0.727 bits per heavy atom. The Morgan fingerprint density at radius 3 is 1.50 bits per heavy atom. The van der Waals surface area contributed by atoms with E-state index in [1.165, 1.54) is 9.80 Å². The van der Waals surface area contributed by atoms with Crippen molar-refractivity contribution in [1.29, 1.82) is 0 Å². The van der Waals surface area contributed by atoms with E-state index in [9.17, 15) is 9.59 Å². The number of amides is 2. The van der Waals surface area contributed by atoms with Crippen molar-refractivity contribution in [3.05, 3.63) is 60.7 Å². The number of hydrogen-bond donors (Lipinski definition) is 0. The zero-order chi connectivity index (χ0) is 15.9. The highest BCUT2D eigenvalue weighted by atomic mass is 16.2. The molecule has 0 radical (unpaired) electrons. The first kappa shape index (κ1) is 15.8. The minimum absolute atomic E-state index is 0.488. The smallest absolute Gasteiger partial charge is 0.321 e. The van der Waals surface area contributed by atoms with Gasteiger partial charge < -0.3 is 4.90 Å². The maximum atomic E-state index is 12.7. The summed E-state index contributed by atoms with van der Waals surface area (Å²) >= 11 is 0. The maximum absolute atomic E-state index is 12.7. The minimum Gasteiger partial charge on any atom is -0.335 e. The van der Waals surface area contributed by atoms with Crippen LogP contribution in [-0.2, 0) is 9.59 Å². The second kappa shape index (κ2) is 7.41. The molecular formula is C18H20N2O2. The van der Waals surface area contributed by atoms with E-state index in [1.54, 1.807) is 0 Å². The Bertz CT molecular complexity index is 583. The molecule has 0 aliphatic heterocycles. The van der Waals surface area contributed by atoms with Crippen molar-refractivity contribution in [3.63, 3.8) is 0 Å². The van der Waals surface area contributed by atoms with Crippen LogP contribution >= 0.6 is 0 Å². The van der Waals surface area contributed by atoms with E-state index in [-0.39, 0.29) is 0 Å². The Morgan fingerprint density at radius 2 is 1.14 bits per heavy atom. The third-order valence-corrected chi connectivity index (χ3v) is 3.47. The van der Waals surface area contributed by atoms with Crippen molar-refractivity contribution in [3.8, 4) is 0 Å². The van der Waals surface area contributed by atoms with Crippen molar-refractivity contribution in [2.45, 2.75) is 13.8 Å². The predicted molar refractivity (Wildman–Crippen MR) is 88.0 cm³/mol. The van der Waals surface area contributed by atoms with Crippen LogP contribution in [0.2, 0.25) is 0 Å². The quantitative estimate of drug-likeness (QED) is 0.813. The molecule has 0 saturated heterocycles. The normalized spacial score (nSPS) is 10.1. The van der Waals surface area contributed by atoms with Crippen LogP contribution in [0, 0.1) is 0 Å². The van der Waals surface area contributed by atoms with Crippen molar-refractivity contribution in [1.82, 2.24) is 4.90 Å². The lowest BCUT2D eigenvalue weighted by atomic mass is 10.2. The third kappa shape index (κ3) is 3.34. The molecule has 0 aliphatic carbocycles. The van der Waals surface area contributed by atoms with Crippen LogP contribution in [0.4, 0.5) is 11.4 Å². The van der Waals surface area contributed by atoms with Gasteiger partial charge in [-0.3, -0.25) is 14.5 Å². The highest BCUT2D eigenvalue weighted by Gasteiger charge is 2.27. The molecule has 2 rings (SSSR count). The molecule has 114 valence electrons. The second-order valence-corrected chi connectivity index (χ2v) is 4.79. The number of benzene rings is 2. The van der Waals surface area contributed by atoms with Gasteiger partial charge in [0.15, 0.2) is 0 Å². The monoisotopic (exact) mass is 296 g/mol. The van der Waals surface area contributed by atoms with Gasteiger partial charge in [-0.25, -0.2) is 0 Å². The zero-order valence-electron chi connectivity index (χ0n) is 12.9. The largest absolute Gasteiger partial charge is 0.335 e. The average Bonchev–Trinajstić information content (AvgIpc) is 2.58. The number of para-hydroxylation sites is 2. The van der Waals surface area contributed by atoms with Gasteiger partial charge in [-0.1, -0.05) is 36.4 Å². The molecule has 4 nitrogen and oxygen atoms in total. The molecule has 2 amide bonds. The van der Waals surface area contributed by atoms with Crippen molar-refractivity contribution >= 4 is 23.2 Å². The van der Waals surface area contributed by atoms with Crippen LogP contribution in [0.3, 0.4) is 0 Å². The topological polar surface area (TPSA) is 40.6 Å². The molecule has 0 bridgehead atoms.